The van der Waals surface area contributed by atoms with Gasteiger partial charge in [-0.25, -0.2) is 0 Å². The monoisotopic (exact) mass is 330 g/mol. The van der Waals surface area contributed by atoms with Gasteiger partial charge in [0.15, 0.2) is 5.78 Å². The molecule has 2 heteroatoms. The number of hydrogen-bond acceptors (Lipinski definition) is 2. The molecule has 3 aromatic carbocycles. The number of Topliss-reactive ketones (excluding diaryl/α,β-unsaturated/α-hetero) is 1. The maximum absolute atomic E-state index is 13.1. The summed E-state index contributed by atoms with van der Waals surface area (Å²) in [5.41, 5.74) is 3.86. The number of benzene rings is 3. The van der Waals surface area contributed by atoms with Crippen molar-refractivity contribution < 1.29 is 9.90 Å². The zero-order valence-corrected chi connectivity index (χ0v) is 14.1. The van der Waals surface area contributed by atoms with Gasteiger partial charge in [0.25, 0.3) is 0 Å². The predicted molar refractivity (Wildman–Crippen MR) is 100 cm³/mol. The molecule has 3 rings (SSSR count). The average molecular weight is 330 g/mol. The molecule has 0 aromatic heterocycles. The minimum atomic E-state index is -0.107. The Morgan fingerprint density at radius 3 is 1.60 bits per heavy atom. The van der Waals surface area contributed by atoms with E-state index in [0.717, 1.165) is 18.4 Å². The molecule has 126 valence electrons. The van der Waals surface area contributed by atoms with Crippen LogP contribution in [0.1, 0.15) is 27.0 Å². The van der Waals surface area contributed by atoms with Crippen molar-refractivity contribution in [3.05, 3.63) is 107 Å². The lowest BCUT2D eigenvalue weighted by atomic mass is 9.86. The molecule has 3 aromatic rings. The maximum atomic E-state index is 13.1. The van der Waals surface area contributed by atoms with Crippen molar-refractivity contribution in [3.63, 3.8) is 0 Å². The van der Waals surface area contributed by atoms with Gasteiger partial charge < -0.3 is 5.11 Å². The van der Waals surface area contributed by atoms with E-state index >= 15 is 0 Å². The van der Waals surface area contributed by atoms with Crippen LogP contribution in [-0.2, 0) is 19.4 Å². The fraction of sp³-hybridized carbons (Fsp3) is 0.174. The Labute approximate surface area is 148 Å². The Morgan fingerprint density at radius 1 is 0.680 bits per heavy atom. The van der Waals surface area contributed by atoms with Crippen molar-refractivity contribution in [2.75, 3.05) is 0 Å². The topological polar surface area (TPSA) is 37.3 Å². The first-order chi connectivity index (χ1) is 12.3. The third-order valence-corrected chi connectivity index (χ3v) is 4.44. The number of carbonyl (C=O) groups is 1. The largest absolute Gasteiger partial charge is 0.392 e. The van der Waals surface area contributed by atoms with E-state index in [4.69, 9.17) is 0 Å². The normalized spacial score (nSPS) is 10.8. The predicted octanol–water partition coefficient (Wildman–Crippen LogP) is 4.46. The van der Waals surface area contributed by atoms with Crippen molar-refractivity contribution in [2.24, 2.45) is 5.92 Å². The van der Waals surface area contributed by atoms with Crippen molar-refractivity contribution >= 4 is 5.78 Å². The number of carbonyl (C=O) groups excluding carboxylic acids is 1. The molecule has 0 fully saturated rings. The van der Waals surface area contributed by atoms with Gasteiger partial charge in [0.1, 0.15) is 0 Å². The van der Waals surface area contributed by atoms with Gasteiger partial charge in [0.05, 0.1) is 6.61 Å². The van der Waals surface area contributed by atoms with Crippen LogP contribution in [0.5, 0.6) is 0 Å². The molecule has 0 bridgehead atoms. The number of aliphatic hydroxyl groups excluding tert-OH is 1. The third-order valence-electron chi connectivity index (χ3n) is 4.44. The molecule has 0 heterocycles. The molecule has 0 saturated heterocycles. The molecule has 1 N–H and O–H groups in total. The van der Waals surface area contributed by atoms with E-state index in [1.807, 2.05) is 60.7 Å². The summed E-state index contributed by atoms with van der Waals surface area (Å²) in [7, 11) is 0. The van der Waals surface area contributed by atoms with Gasteiger partial charge in [-0.3, -0.25) is 4.79 Å². The fourth-order valence-electron chi connectivity index (χ4n) is 3.06. The smallest absolute Gasteiger partial charge is 0.166 e. The fourth-order valence-corrected chi connectivity index (χ4v) is 3.06. The standard InChI is InChI=1S/C23H22O2/c24-17-20-11-13-21(14-12-20)23(25)22(15-18-7-3-1-4-8-18)16-19-9-5-2-6-10-19/h1-14,22,24H,15-17H2. The molecular formula is C23H22O2. The minimum absolute atomic E-state index is 0.00801. The molecule has 0 saturated carbocycles. The van der Waals surface area contributed by atoms with E-state index in [1.54, 1.807) is 0 Å². The molecule has 2 nitrogen and oxygen atoms in total. The van der Waals surface area contributed by atoms with Crippen LogP contribution in [0.15, 0.2) is 84.9 Å². The van der Waals surface area contributed by atoms with E-state index in [2.05, 4.69) is 24.3 Å². The van der Waals surface area contributed by atoms with Gasteiger partial charge in [-0.15, -0.1) is 0 Å². The van der Waals surface area contributed by atoms with Gasteiger partial charge in [0, 0.05) is 11.5 Å². The van der Waals surface area contributed by atoms with Crippen LogP contribution in [0.25, 0.3) is 0 Å². The summed E-state index contributed by atoms with van der Waals surface area (Å²) in [4.78, 5) is 13.1. The quantitative estimate of drug-likeness (QED) is 0.649. The van der Waals surface area contributed by atoms with Gasteiger partial charge in [0.2, 0.25) is 0 Å². The van der Waals surface area contributed by atoms with Crippen molar-refractivity contribution in [1.29, 1.82) is 0 Å². The first kappa shape index (κ1) is 17.1. The van der Waals surface area contributed by atoms with Crippen LogP contribution in [0.3, 0.4) is 0 Å². The Hall–Kier alpha value is -2.71. The summed E-state index contributed by atoms with van der Waals surface area (Å²) in [6, 6.07) is 27.6. The molecule has 0 spiro atoms. The Kier molecular flexibility index (Phi) is 5.76. The second-order valence-corrected chi connectivity index (χ2v) is 6.30. The molecule has 0 atom stereocenters. The summed E-state index contributed by atoms with van der Waals surface area (Å²) in [5.74, 6) is 0.0435. The molecule has 0 unspecified atom stereocenters. The molecule has 0 aliphatic carbocycles. The molecule has 0 radical (unpaired) electrons. The maximum Gasteiger partial charge on any atom is 0.166 e. The lowest BCUT2D eigenvalue weighted by Gasteiger charge is -2.17. The lowest BCUT2D eigenvalue weighted by Crippen LogP contribution is -2.20. The van der Waals surface area contributed by atoms with Crippen molar-refractivity contribution in [2.45, 2.75) is 19.4 Å². The van der Waals surface area contributed by atoms with Crippen LogP contribution >= 0.6 is 0 Å². The van der Waals surface area contributed by atoms with Crippen LogP contribution in [0.4, 0.5) is 0 Å². The summed E-state index contributed by atoms with van der Waals surface area (Å²) >= 11 is 0. The summed E-state index contributed by atoms with van der Waals surface area (Å²) in [5, 5.41) is 9.18. The zero-order chi connectivity index (χ0) is 17.5. The molecule has 25 heavy (non-hydrogen) atoms. The van der Waals surface area contributed by atoms with Gasteiger partial charge in [-0.05, 0) is 29.5 Å². The molecular weight excluding hydrogens is 308 g/mol. The molecule has 0 aliphatic heterocycles. The third kappa shape index (κ3) is 4.65. The van der Waals surface area contributed by atoms with Gasteiger partial charge >= 0.3 is 0 Å². The van der Waals surface area contributed by atoms with Crippen LogP contribution in [0, 0.1) is 5.92 Å². The highest BCUT2D eigenvalue weighted by Crippen LogP contribution is 2.20. The van der Waals surface area contributed by atoms with Gasteiger partial charge in [-0.2, -0.15) is 0 Å². The molecule has 0 aliphatic rings. The van der Waals surface area contributed by atoms with E-state index in [9.17, 15) is 9.90 Å². The first-order valence-corrected chi connectivity index (χ1v) is 8.58. The number of hydrogen-bond donors (Lipinski definition) is 1. The first-order valence-electron chi connectivity index (χ1n) is 8.58. The summed E-state index contributed by atoms with van der Waals surface area (Å²) < 4.78 is 0. The van der Waals surface area contributed by atoms with E-state index in [-0.39, 0.29) is 18.3 Å². The van der Waals surface area contributed by atoms with Gasteiger partial charge in [-0.1, -0.05) is 84.9 Å². The Balaban J connectivity index is 1.84. The summed E-state index contributed by atoms with van der Waals surface area (Å²) in [6.07, 6.45) is 1.44. The van der Waals surface area contributed by atoms with Crippen LogP contribution < -0.4 is 0 Å². The van der Waals surface area contributed by atoms with Crippen LogP contribution in [0.2, 0.25) is 0 Å². The Bertz CT molecular complexity index is 751. The summed E-state index contributed by atoms with van der Waals surface area (Å²) in [6.45, 7) is -0.00801. The van der Waals surface area contributed by atoms with E-state index in [1.165, 1.54) is 11.1 Å². The second kappa shape index (κ2) is 8.41. The Morgan fingerprint density at radius 2 is 1.16 bits per heavy atom. The minimum Gasteiger partial charge on any atom is -0.392 e. The zero-order valence-electron chi connectivity index (χ0n) is 14.1. The van der Waals surface area contributed by atoms with Crippen molar-refractivity contribution in [1.82, 2.24) is 0 Å². The van der Waals surface area contributed by atoms with Crippen molar-refractivity contribution in [3.8, 4) is 0 Å². The van der Waals surface area contributed by atoms with E-state index < -0.39 is 0 Å². The lowest BCUT2D eigenvalue weighted by molar-refractivity contribution is 0.0918. The highest BCUT2D eigenvalue weighted by molar-refractivity contribution is 5.98. The van der Waals surface area contributed by atoms with Crippen LogP contribution in [-0.4, -0.2) is 10.9 Å². The molecule has 0 amide bonds. The number of ketones is 1. The SMILES string of the molecule is O=C(c1ccc(CO)cc1)C(Cc1ccccc1)Cc1ccccc1. The van der Waals surface area contributed by atoms with E-state index in [0.29, 0.717) is 5.56 Å². The number of rotatable bonds is 7. The number of aliphatic hydroxyl groups is 1. The highest BCUT2D eigenvalue weighted by Gasteiger charge is 2.21. The second-order valence-electron chi connectivity index (χ2n) is 6.30. The highest BCUT2D eigenvalue weighted by atomic mass is 16.3. The average Bonchev–Trinajstić information content (AvgIpc) is 2.68.